The first-order valence-electron chi connectivity index (χ1n) is 5.91. The number of nitrogens with two attached hydrogens (primary N) is 1. The van der Waals surface area contributed by atoms with Crippen LogP contribution in [0.15, 0.2) is 29.6 Å². The van der Waals surface area contributed by atoms with E-state index in [9.17, 15) is 9.59 Å². The summed E-state index contributed by atoms with van der Waals surface area (Å²) < 4.78 is 0. The molecule has 0 aliphatic carbocycles. The zero-order chi connectivity index (χ0) is 14.8. The van der Waals surface area contributed by atoms with Crippen molar-refractivity contribution in [1.29, 1.82) is 0 Å². The lowest BCUT2D eigenvalue weighted by molar-refractivity contribution is -0.117. The van der Waals surface area contributed by atoms with Gasteiger partial charge in [-0.2, -0.15) is 0 Å². The van der Waals surface area contributed by atoms with E-state index in [1.54, 1.807) is 36.6 Å². The number of amides is 1. The zero-order valence-corrected chi connectivity index (χ0v) is 12.4. The Morgan fingerprint density at radius 1 is 1.45 bits per heavy atom. The summed E-state index contributed by atoms with van der Waals surface area (Å²) in [5.74, 6) is -0.440. The number of nitrogens with zero attached hydrogens (tertiary/aromatic N) is 1. The van der Waals surface area contributed by atoms with Crippen LogP contribution in [0.2, 0.25) is 5.02 Å². The number of thiazole rings is 1. The molecule has 2 aromatic rings. The number of aromatic nitrogens is 1. The Morgan fingerprint density at radius 2 is 2.10 bits per heavy atom. The molecule has 1 atom stereocenters. The maximum atomic E-state index is 11.6. The van der Waals surface area contributed by atoms with Crippen LogP contribution in [0, 0.1) is 0 Å². The van der Waals surface area contributed by atoms with E-state index in [1.165, 1.54) is 11.3 Å². The van der Waals surface area contributed by atoms with Crippen molar-refractivity contribution in [2.24, 2.45) is 5.73 Å². The van der Waals surface area contributed by atoms with Gasteiger partial charge in [-0.1, -0.05) is 23.7 Å². The van der Waals surface area contributed by atoms with Crippen LogP contribution in [-0.2, 0) is 21.4 Å². The average Bonchev–Trinajstić information content (AvgIpc) is 2.87. The monoisotopic (exact) mass is 308 g/mol. The van der Waals surface area contributed by atoms with Gasteiger partial charge in [0.05, 0.1) is 17.5 Å². The third-order valence-electron chi connectivity index (χ3n) is 3.09. The first-order chi connectivity index (χ1) is 9.45. The molecule has 1 unspecified atom stereocenters. The Morgan fingerprint density at radius 3 is 2.65 bits per heavy atom. The van der Waals surface area contributed by atoms with Crippen LogP contribution in [0.5, 0.6) is 0 Å². The minimum absolute atomic E-state index is 0.0836. The quantitative estimate of drug-likeness (QED) is 0.862. The largest absolute Gasteiger partial charge is 0.369 e. The molecule has 0 spiro atoms. The summed E-state index contributed by atoms with van der Waals surface area (Å²) in [5.41, 5.74) is 5.69. The summed E-state index contributed by atoms with van der Waals surface area (Å²) in [6.45, 7) is 1.78. The molecule has 1 aromatic heterocycles. The number of halogens is 1. The van der Waals surface area contributed by atoms with Crippen molar-refractivity contribution in [3.63, 3.8) is 0 Å². The molecule has 1 heterocycles. The van der Waals surface area contributed by atoms with E-state index in [2.05, 4.69) is 4.98 Å². The summed E-state index contributed by atoms with van der Waals surface area (Å²) in [7, 11) is 0. The highest BCUT2D eigenvalue weighted by atomic mass is 35.5. The van der Waals surface area contributed by atoms with Crippen molar-refractivity contribution in [3.05, 3.63) is 50.9 Å². The Labute approximate surface area is 125 Å². The zero-order valence-electron chi connectivity index (χ0n) is 10.8. The Bertz CT molecular complexity index is 639. The SMILES string of the molecule is CC(C=O)(c1ccc(Cl)cc1)c1csc(CC(N)=O)n1. The van der Waals surface area contributed by atoms with E-state index >= 15 is 0 Å². The van der Waals surface area contributed by atoms with E-state index in [4.69, 9.17) is 17.3 Å². The van der Waals surface area contributed by atoms with Gasteiger partial charge in [0.1, 0.15) is 11.3 Å². The van der Waals surface area contributed by atoms with Crippen LogP contribution in [0.1, 0.15) is 23.2 Å². The summed E-state index contributed by atoms with van der Waals surface area (Å²) in [6.07, 6.45) is 0.930. The van der Waals surface area contributed by atoms with Gasteiger partial charge in [-0.3, -0.25) is 4.79 Å². The molecule has 0 aliphatic rings. The maximum absolute atomic E-state index is 11.6. The molecule has 0 saturated heterocycles. The second-order valence-corrected chi connectivity index (χ2v) is 5.98. The second kappa shape index (κ2) is 5.73. The maximum Gasteiger partial charge on any atom is 0.224 e. The smallest absolute Gasteiger partial charge is 0.224 e. The predicted molar refractivity (Wildman–Crippen MR) is 79.0 cm³/mol. The topological polar surface area (TPSA) is 73.1 Å². The minimum Gasteiger partial charge on any atom is -0.369 e. The van der Waals surface area contributed by atoms with Gasteiger partial charge in [0, 0.05) is 10.4 Å². The fraction of sp³-hybridized carbons (Fsp3) is 0.214. The van der Waals surface area contributed by atoms with Crippen LogP contribution in [0.3, 0.4) is 0 Å². The predicted octanol–water partition coefficient (Wildman–Crippen LogP) is 2.33. The molecule has 0 radical (unpaired) electrons. The number of carbonyl (C=O) groups is 2. The van der Waals surface area contributed by atoms with E-state index in [0.29, 0.717) is 15.7 Å². The highest BCUT2D eigenvalue weighted by Gasteiger charge is 2.31. The molecule has 6 heteroatoms. The Hall–Kier alpha value is -1.72. The third-order valence-corrected chi connectivity index (χ3v) is 4.19. The number of primary amides is 1. The lowest BCUT2D eigenvalue weighted by Gasteiger charge is -2.21. The number of carbonyl (C=O) groups excluding carboxylic acids is 2. The van der Waals surface area contributed by atoms with Gasteiger partial charge in [-0.15, -0.1) is 11.3 Å². The average molecular weight is 309 g/mol. The van der Waals surface area contributed by atoms with Crippen LogP contribution < -0.4 is 5.73 Å². The highest BCUT2D eigenvalue weighted by molar-refractivity contribution is 7.09. The first kappa shape index (κ1) is 14.7. The molecule has 20 heavy (non-hydrogen) atoms. The number of rotatable bonds is 5. The van der Waals surface area contributed by atoms with E-state index < -0.39 is 11.3 Å². The molecular weight excluding hydrogens is 296 g/mol. The van der Waals surface area contributed by atoms with Crippen molar-refractivity contribution in [2.45, 2.75) is 18.8 Å². The Kier molecular flexibility index (Phi) is 4.20. The molecule has 1 aromatic carbocycles. The van der Waals surface area contributed by atoms with Crippen LogP contribution in [0.25, 0.3) is 0 Å². The van der Waals surface area contributed by atoms with Crippen molar-refractivity contribution in [3.8, 4) is 0 Å². The second-order valence-electron chi connectivity index (χ2n) is 4.60. The summed E-state index contributed by atoms with van der Waals surface area (Å²) >= 11 is 7.18. The van der Waals surface area contributed by atoms with Gasteiger partial charge in [0.15, 0.2) is 0 Å². The summed E-state index contributed by atoms with van der Waals surface area (Å²) in [4.78, 5) is 26.8. The van der Waals surface area contributed by atoms with Gasteiger partial charge in [0.25, 0.3) is 0 Å². The van der Waals surface area contributed by atoms with Gasteiger partial charge < -0.3 is 10.5 Å². The molecular formula is C14H13ClN2O2S. The molecule has 0 fully saturated rings. The number of aldehydes is 1. The van der Waals surface area contributed by atoms with E-state index in [0.717, 1.165) is 11.8 Å². The van der Waals surface area contributed by atoms with Crippen LogP contribution >= 0.6 is 22.9 Å². The van der Waals surface area contributed by atoms with Crippen LogP contribution in [0.4, 0.5) is 0 Å². The Balaban J connectivity index is 2.39. The third kappa shape index (κ3) is 2.89. The summed E-state index contributed by atoms with van der Waals surface area (Å²) in [5, 5.41) is 2.99. The van der Waals surface area contributed by atoms with E-state index in [1.807, 2.05) is 0 Å². The fourth-order valence-corrected chi connectivity index (χ4v) is 2.90. The first-order valence-corrected chi connectivity index (χ1v) is 7.17. The molecule has 2 rings (SSSR count). The van der Waals surface area contributed by atoms with Gasteiger partial charge in [0.2, 0.25) is 5.91 Å². The minimum atomic E-state index is -0.864. The van der Waals surface area contributed by atoms with Crippen molar-refractivity contribution in [1.82, 2.24) is 4.98 Å². The van der Waals surface area contributed by atoms with E-state index in [-0.39, 0.29) is 6.42 Å². The molecule has 4 nitrogen and oxygen atoms in total. The molecule has 104 valence electrons. The fourth-order valence-electron chi connectivity index (χ4n) is 1.85. The number of benzene rings is 1. The lowest BCUT2D eigenvalue weighted by Crippen LogP contribution is -2.26. The van der Waals surface area contributed by atoms with Crippen molar-refractivity contribution >= 4 is 35.1 Å². The normalized spacial score (nSPS) is 13.7. The molecule has 1 amide bonds. The van der Waals surface area contributed by atoms with Crippen LogP contribution in [-0.4, -0.2) is 17.2 Å². The van der Waals surface area contributed by atoms with Gasteiger partial charge in [-0.05, 0) is 24.6 Å². The lowest BCUT2D eigenvalue weighted by atomic mass is 9.81. The highest BCUT2D eigenvalue weighted by Crippen LogP contribution is 2.31. The van der Waals surface area contributed by atoms with Gasteiger partial charge in [-0.25, -0.2) is 4.98 Å². The standard InChI is InChI=1S/C14H13ClN2O2S/c1-14(8-18,9-2-4-10(15)5-3-9)11-7-20-13(17-11)6-12(16)19/h2-5,7-8H,6H2,1H3,(H2,16,19). The molecule has 0 bridgehead atoms. The molecule has 0 aliphatic heterocycles. The number of hydrogen-bond donors (Lipinski definition) is 1. The molecule has 0 saturated carbocycles. The van der Waals surface area contributed by atoms with Crippen molar-refractivity contribution in [2.75, 3.05) is 0 Å². The summed E-state index contributed by atoms with van der Waals surface area (Å²) in [6, 6.07) is 7.05. The molecule has 2 N–H and O–H groups in total. The van der Waals surface area contributed by atoms with Crippen molar-refractivity contribution < 1.29 is 9.59 Å². The number of hydrogen-bond acceptors (Lipinski definition) is 4. The van der Waals surface area contributed by atoms with Gasteiger partial charge >= 0.3 is 0 Å².